The van der Waals surface area contributed by atoms with Gasteiger partial charge in [0.25, 0.3) is 0 Å². The Bertz CT molecular complexity index is 1020. The van der Waals surface area contributed by atoms with Gasteiger partial charge in [-0.2, -0.15) is 4.31 Å². The van der Waals surface area contributed by atoms with Gasteiger partial charge in [-0.3, -0.25) is 0 Å². The van der Waals surface area contributed by atoms with Crippen molar-refractivity contribution in [2.75, 3.05) is 31.1 Å². The fraction of sp³-hybridized carbons (Fsp3) is 0.300. The van der Waals surface area contributed by atoms with Gasteiger partial charge in [0, 0.05) is 31.7 Å². The van der Waals surface area contributed by atoms with Gasteiger partial charge in [0.15, 0.2) is 0 Å². The smallest absolute Gasteiger partial charge is 0.318 e. The highest BCUT2D eigenvalue weighted by molar-refractivity contribution is 7.89. The van der Waals surface area contributed by atoms with Gasteiger partial charge in [0.1, 0.15) is 0 Å². The minimum absolute atomic E-state index is 0.335. The molecule has 2 aromatic carbocycles. The van der Waals surface area contributed by atoms with Crippen molar-refractivity contribution in [1.29, 1.82) is 0 Å². The highest BCUT2D eigenvalue weighted by atomic mass is 32.2. The zero-order valence-electron chi connectivity index (χ0n) is 15.7. The van der Waals surface area contributed by atoms with Crippen molar-refractivity contribution < 1.29 is 12.8 Å². The molecule has 1 aliphatic rings. The molecule has 1 fully saturated rings. The van der Waals surface area contributed by atoms with Crippen LogP contribution in [-0.4, -0.2) is 49.1 Å². The highest BCUT2D eigenvalue weighted by Crippen LogP contribution is 2.24. The third-order valence-corrected chi connectivity index (χ3v) is 6.83. The molecule has 1 aliphatic heterocycles. The number of piperazine rings is 1. The monoisotopic (exact) mass is 398 g/mol. The number of anilines is 1. The summed E-state index contributed by atoms with van der Waals surface area (Å²) < 4.78 is 33.0. The van der Waals surface area contributed by atoms with Gasteiger partial charge in [-0.25, -0.2) is 8.42 Å². The average Bonchev–Trinajstić information content (AvgIpc) is 3.25. The summed E-state index contributed by atoms with van der Waals surface area (Å²) in [6.45, 7) is 3.80. The number of benzene rings is 2. The van der Waals surface area contributed by atoms with Crippen LogP contribution in [-0.2, 0) is 16.4 Å². The lowest BCUT2D eigenvalue weighted by molar-refractivity contribution is 0.372. The summed E-state index contributed by atoms with van der Waals surface area (Å²) >= 11 is 0. The zero-order chi connectivity index (χ0) is 19.6. The molecule has 2 heterocycles. The predicted octanol–water partition coefficient (Wildman–Crippen LogP) is 2.81. The molecular formula is C20H22N4O3S. The van der Waals surface area contributed by atoms with E-state index in [0.717, 1.165) is 17.5 Å². The van der Waals surface area contributed by atoms with Crippen LogP contribution in [0.15, 0.2) is 63.9 Å². The molecule has 0 radical (unpaired) electrons. The first-order chi connectivity index (χ1) is 13.6. The minimum atomic E-state index is -3.49. The predicted molar refractivity (Wildman–Crippen MR) is 107 cm³/mol. The van der Waals surface area contributed by atoms with Crippen LogP contribution >= 0.6 is 0 Å². The highest BCUT2D eigenvalue weighted by Gasteiger charge is 2.30. The summed E-state index contributed by atoms with van der Waals surface area (Å²) in [5.41, 5.74) is 1.98. The molecule has 146 valence electrons. The van der Waals surface area contributed by atoms with E-state index in [9.17, 15) is 8.42 Å². The standard InChI is InChI=1S/C20H22N4O3S/c1-2-16-8-10-18(11-9-16)28(25,26)24-14-12-23(13-15-24)20-22-21-19(27-20)17-6-4-3-5-7-17/h3-11H,2,12-15H2,1H3. The number of sulfonamides is 1. The van der Waals surface area contributed by atoms with Gasteiger partial charge in [0.05, 0.1) is 4.90 Å². The molecule has 0 spiro atoms. The van der Waals surface area contributed by atoms with Crippen molar-refractivity contribution in [3.8, 4) is 11.5 Å². The van der Waals surface area contributed by atoms with Crippen LogP contribution in [0.5, 0.6) is 0 Å². The van der Waals surface area contributed by atoms with Crippen LogP contribution in [0.25, 0.3) is 11.5 Å². The SMILES string of the molecule is CCc1ccc(S(=O)(=O)N2CCN(c3nnc(-c4ccccc4)o3)CC2)cc1. The summed E-state index contributed by atoms with van der Waals surface area (Å²) in [4.78, 5) is 2.26. The maximum atomic E-state index is 12.9. The Balaban J connectivity index is 1.44. The van der Waals surface area contributed by atoms with Crippen molar-refractivity contribution in [3.05, 3.63) is 60.2 Å². The van der Waals surface area contributed by atoms with Crippen LogP contribution in [0, 0.1) is 0 Å². The van der Waals surface area contributed by atoms with Gasteiger partial charge < -0.3 is 9.32 Å². The summed E-state index contributed by atoms with van der Waals surface area (Å²) in [6, 6.07) is 17.1. The number of hydrogen-bond donors (Lipinski definition) is 0. The Hall–Kier alpha value is -2.71. The fourth-order valence-corrected chi connectivity index (χ4v) is 4.63. The Kier molecular flexibility index (Phi) is 5.15. The van der Waals surface area contributed by atoms with Gasteiger partial charge in [-0.1, -0.05) is 42.4 Å². The normalized spacial score (nSPS) is 15.7. The van der Waals surface area contributed by atoms with Crippen molar-refractivity contribution >= 4 is 16.0 Å². The van der Waals surface area contributed by atoms with Crippen molar-refractivity contribution in [3.63, 3.8) is 0 Å². The maximum Gasteiger partial charge on any atom is 0.318 e. The Morgan fingerprint density at radius 1 is 0.929 bits per heavy atom. The third-order valence-electron chi connectivity index (χ3n) is 4.91. The van der Waals surface area contributed by atoms with Crippen LogP contribution in [0.4, 0.5) is 6.01 Å². The number of aromatic nitrogens is 2. The minimum Gasteiger partial charge on any atom is -0.403 e. The lowest BCUT2D eigenvalue weighted by atomic mass is 10.2. The number of aryl methyl sites for hydroxylation is 1. The first kappa shape index (κ1) is 18.6. The van der Waals surface area contributed by atoms with Crippen LogP contribution in [0.2, 0.25) is 0 Å². The van der Waals surface area contributed by atoms with E-state index < -0.39 is 10.0 Å². The van der Waals surface area contributed by atoms with Crippen molar-refractivity contribution in [2.45, 2.75) is 18.2 Å². The summed E-state index contributed by atoms with van der Waals surface area (Å²) in [6.07, 6.45) is 0.883. The van der Waals surface area contributed by atoms with Crippen molar-refractivity contribution in [1.82, 2.24) is 14.5 Å². The van der Waals surface area contributed by atoms with Gasteiger partial charge in [0.2, 0.25) is 15.9 Å². The van der Waals surface area contributed by atoms with E-state index in [1.165, 1.54) is 4.31 Å². The molecule has 0 aliphatic carbocycles. The second kappa shape index (κ2) is 7.73. The Morgan fingerprint density at radius 2 is 1.61 bits per heavy atom. The largest absolute Gasteiger partial charge is 0.403 e. The second-order valence-corrected chi connectivity index (χ2v) is 8.58. The van der Waals surface area contributed by atoms with E-state index in [-0.39, 0.29) is 0 Å². The molecule has 1 aromatic heterocycles. The van der Waals surface area contributed by atoms with Crippen LogP contribution < -0.4 is 4.90 Å². The molecule has 0 bridgehead atoms. The number of nitrogens with zero attached hydrogens (tertiary/aromatic N) is 4. The van der Waals surface area contributed by atoms with Gasteiger partial charge >= 0.3 is 6.01 Å². The maximum absolute atomic E-state index is 12.9. The first-order valence-electron chi connectivity index (χ1n) is 9.31. The van der Waals surface area contributed by atoms with E-state index in [2.05, 4.69) is 10.2 Å². The molecule has 7 nitrogen and oxygen atoms in total. The molecule has 0 unspecified atom stereocenters. The van der Waals surface area contributed by atoms with Crippen molar-refractivity contribution in [2.24, 2.45) is 0 Å². The average molecular weight is 398 g/mol. The lowest BCUT2D eigenvalue weighted by Crippen LogP contribution is -2.48. The fourth-order valence-electron chi connectivity index (χ4n) is 3.21. The Labute approximate surface area is 164 Å². The molecule has 0 amide bonds. The Morgan fingerprint density at radius 3 is 2.25 bits per heavy atom. The van der Waals surface area contributed by atoms with Gasteiger partial charge in [-0.05, 0) is 36.2 Å². The molecule has 0 N–H and O–H groups in total. The molecule has 28 heavy (non-hydrogen) atoms. The third kappa shape index (κ3) is 3.65. The quantitative estimate of drug-likeness (QED) is 0.658. The summed E-state index contributed by atoms with van der Waals surface area (Å²) in [7, 11) is -3.49. The molecule has 1 saturated heterocycles. The lowest BCUT2D eigenvalue weighted by Gasteiger charge is -2.32. The topological polar surface area (TPSA) is 79.5 Å². The zero-order valence-corrected chi connectivity index (χ0v) is 16.5. The molecule has 4 rings (SSSR count). The molecule has 3 aromatic rings. The first-order valence-corrected chi connectivity index (χ1v) is 10.7. The van der Waals surface area contributed by atoms with Crippen LogP contribution in [0.1, 0.15) is 12.5 Å². The van der Waals surface area contributed by atoms with E-state index >= 15 is 0 Å². The second-order valence-electron chi connectivity index (χ2n) is 6.64. The van der Waals surface area contributed by atoms with E-state index in [1.807, 2.05) is 54.3 Å². The number of rotatable bonds is 5. The molecule has 0 atom stereocenters. The summed E-state index contributed by atoms with van der Waals surface area (Å²) in [5.74, 6) is 0.460. The van der Waals surface area contributed by atoms with Crippen LogP contribution in [0.3, 0.4) is 0 Å². The number of hydrogen-bond acceptors (Lipinski definition) is 6. The summed E-state index contributed by atoms with van der Waals surface area (Å²) in [5, 5.41) is 8.23. The van der Waals surface area contributed by atoms with Gasteiger partial charge in [-0.15, -0.1) is 5.10 Å². The van der Waals surface area contributed by atoms with E-state index in [0.29, 0.717) is 43.0 Å². The molecule has 8 heteroatoms. The van der Waals surface area contributed by atoms with E-state index in [1.54, 1.807) is 12.1 Å². The molecule has 0 saturated carbocycles. The van der Waals surface area contributed by atoms with E-state index in [4.69, 9.17) is 4.42 Å². The molecular weight excluding hydrogens is 376 g/mol.